The quantitative estimate of drug-likeness (QED) is 0.527. The molecular formula is C11H22N3O3P. The molecule has 0 aromatic rings. The molecule has 0 unspecified atom stereocenters. The van der Waals surface area contributed by atoms with Crippen molar-refractivity contribution in [3.63, 3.8) is 0 Å². The lowest BCUT2D eigenvalue weighted by molar-refractivity contribution is 0.224. The number of hydrogen-bond acceptors (Lipinski definition) is 5. The number of hydrogen-bond donors (Lipinski definition) is 0. The largest absolute Gasteiger partial charge is 0.373 e. The van der Waals surface area contributed by atoms with Crippen molar-refractivity contribution in [2.45, 2.75) is 13.8 Å². The normalized spacial score (nSPS) is 10.7. The van der Waals surface area contributed by atoms with Gasteiger partial charge in [-0.25, -0.2) is 4.85 Å². The molecule has 0 N–H and O–H groups in total. The standard InChI is InChI=1S/C11H22N3O3P/c1-8-16-18(15,17-9-2)10(12-3)11(13(4)5)14(6)7/h8-9H2,1-2,4-7H3. The zero-order chi connectivity index (χ0) is 14.3. The van der Waals surface area contributed by atoms with Gasteiger partial charge in [0.25, 0.3) is 0 Å². The fourth-order valence-electron chi connectivity index (χ4n) is 1.53. The van der Waals surface area contributed by atoms with Gasteiger partial charge in [-0.3, -0.25) is 4.57 Å². The van der Waals surface area contributed by atoms with E-state index in [1.807, 2.05) is 0 Å². The molecule has 0 bridgehead atoms. The van der Waals surface area contributed by atoms with Crippen LogP contribution >= 0.6 is 7.60 Å². The van der Waals surface area contributed by atoms with Crippen molar-refractivity contribution in [3.8, 4) is 0 Å². The lowest BCUT2D eigenvalue weighted by Crippen LogP contribution is -2.26. The molecule has 0 radical (unpaired) electrons. The predicted octanol–water partition coefficient (Wildman–Crippen LogP) is 2.42. The molecule has 0 aromatic carbocycles. The molecule has 0 amide bonds. The third-order valence-electron chi connectivity index (χ3n) is 2.01. The van der Waals surface area contributed by atoms with Gasteiger partial charge in [0.1, 0.15) is 5.82 Å². The van der Waals surface area contributed by atoms with Crippen molar-refractivity contribution in [2.75, 3.05) is 41.4 Å². The van der Waals surface area contributed by atoms with E-state index in [0.29, 0.717) is 5.82 Å². The summed E-state index contributed by atoms with van der Waals surface area (Å²) in [5.74, 6) is 0.523. The Balaban J connectivity index is 5.83. The van der Waals surface area contributed by atoms with E-state index in [1.54, 1.807) is 51.8 Å². The van der Waals surface area contributed by atoms with Gasteiger partial charge in [-0.1, -0.05) is 0 Å². The zero-order valence-electron chi connectivity index (χ0n) is 11.9. The molecule has 7 heteroatoms. The summed E-state index contributed by atoms with van der Waals surface area (Å²) in [4.78, 5) is 6.81. The Morgan fingerprint density at radius 2 is 1.50 bits per heavy atom. The molecule has 0 aliphatic carbocycles. The van der Waals surface area contributed by atoms with Crippen LogP contribution in [0.2, 0.25) is 0 Å². The second-order valence-electron chi connectivity index (χ2n) is 3.88. The van der Waals surface area contributed by atoms with Gasteiger partial charge in [0, 0.05) is 28.2 Å². The Kier molecular flexibility index (Phi) is 7.00. The van der Waals surface area contributed by atoms with E-state index in [2.05, 4.69) is 4.85 Å². The number of rotatable bonds is 7. The van der Waals surface area contributed by atoms with Crippen LogP contribution in [-0.4, -0.2) is 51.2 Å². The summed E-state index contributed by atoms with van der Waals surface area (Å²) < 4.78 is 23.1. The van der Waals surface area contributed by atoms with Crippen LogP contribution < -0.4 is 0 Å². The zero-order valence-corrected chi connectivity index (χ0v) is 12.8. The first-order valence-electron chi connectivity index (χ1n) is 5.70. The lowest BCUT2D eigenvalue weighted by atomic mass is 10.6. The molecule has 0 heterocycles. The van der Waals surface area contributed by atoms with Crippen molar-refractivity contribution in [1.29, 1.82) is 0 Å². The molecule has 0 rings (SSSR count). The minimum Gasteiger partial charge on any atom is -0.373 e. The van der Waals surface area contributed by atoms with Gasteiger partial charge < -0.3 is 18.8 Å². The van der Waals surface area contributed by atoms with E-state index in [0.717, 1.165) is 0 Å². The highest BCUT2D eigenvalue weighted by Crippen LogP contribution is 2.58. The van der Waals surface area contributed by atoms with E-state index in [-0.39, 0.29) is 18.7 Å². The van der Waals surface area contributed by atoms with Crippen LogP contribution in [0.25, 0.3) is 4.85 Å². The maximum atomic E-state index is 12.6. The average molecular weight is 275 g/mol. The molecule has 0 aromatic heterocycles. The fourth-order valence-corrected chi connectivity index (χ4v) is 3.30. The maximum Gasteiger partial charge on any atom is 0.367 e. The highest BCUT2D eigenvalue weighted by Gasteiger charge is 2.35. The van der Waals surface area contributed by atoms with Crippen molar-refractivity contribution in [2.24, 2.45) is 0 Å². The average Bonchev–Trinajstić information content (AvgIpc) is 2.24. The molecular weight excluding hydrogens is 253 g/mol. The van der Waals surface area contributed by atoms with Gasteiger partial charge in [0.05, 0.1) is 19.8 Å². The van der Waals surface area contributed by atoms with Crippen molar-refractivity contribution >= 4 is 7.60 Å². The van der Waals surface area contributed by atoms with Crippen LogP contribution in [0.15, 0.2) is 11.3 Å². The summed E-state index contributed by atoms with van der Waals surface area (Å²) >= 11 is 0. The summed E-state index contributed by atoms with van der Waals surface area (Å²) in [5.41, 5.74) is 0.0150. The van der Waals surface area contributed by atoms with E-state index < -0.39 is 7.60 Å². The minimum atomic E-state index is -3.55. The summed E-state index contributed by atoms with van der Waals surface area (Å²) in [5, 5.41) is 0. The monoisotopic (exact) mass is 275 g/mol. The summed E-state index contributed by atoms with van der Waals surface area (Å²) in [6.07, 6.45) is 0. The maximum absolute atomic E-state index is 12.6. The molecule has 6 nitrogen and oxygen atoms in total. The molecule has 0 atom stereocenters. The molecule has 104 valence electrons. The Labute approximate surface area is 110 Å². The Morgan fingerprint density at radius 1 is 1.11 bits per heavy atom. The molecule has 0 fully saturated rings. The lowest BCUT2D eigenvalue weighted by Gasteiger charge is -2.28. The van der Waals surface area contributed by atoms with Crippen LogP contribution in [0.1, 0.15) is 13.8 Å². The van der Waals surface area contributed by atoms with Crippen LogP contribution in [-0.2, 0) is 13.6 Å². The Morgan fingerprint density at radius 3 is 1.72 bits per heavy atom. The predicted molar refractivity (Wildman–Crippen MR) is 71.9 cm³/mol. The van der Waals surface area contributed by atoms with Crippen molar-refractivity contribution in [1.82, 2.24) is 9.80 Å². The summed E-state index contributed by atoms with van der Waals surface area (Å²) in [6, 6.07) is 0. The van der Waals surface area contributed by atoms with Gasteiger partial charge in [-0.05, 0) is 13.8 Å². The van der Waals surface area contributed by atoms with Crippen LogP contribution in [0.5, 0.6) is 0 Å². The SMILES string of the molecule is [C-]#[N+]C(=C(N(C)C)N(C)C)P(=O)(OCC)OCC. The summed E-state index contributed by atoms with van der Waals surface area (Å²) in [7, 11) is 3.57. The van der Waals surface area contributed by atoms with Gasteiger partial charge >= 0.3 is 13.0 Å². The van der Waals surface area contributed by atoms with Crippen LogP contribution in [0, 0.1) is 6.57 Å². The highest BCUT2D eigenvalue weighted by atomic mass is 31.2. The smallest absolute Gasteiger partial charge is 0.367 e. The van der Waals surface area contributed by atoms with Gasteiger partial charge in [-0.2, -0.15) is 0 Å². The van der Waals surface area contributed by atoms with Gasteiger partial charge in [0.15, 0.2) is 0 Å². The first kappa shape index (κ1) is 17.0. The van der Waals surface area contributed by atoms with Crippen molar-refractivity contribution in [3.05, 3.63) is 22.7 Å². The highest BCUT2D eigenvalue weighted by molar-refractivity contribution is 7.58. The van der Waals surface area contributed by atoms with E-state index in [1.165, 1.54) is 0 Å². The third kappa shape index (κ3) is 4.02. The molecule has 0 spiro atoms. The second kappa shape index (κ2) is 7.42. The van der Waals surface area contributed by atoms with E-state index in [9.17, 15) is 4.57 Å². The molecule has 18 heavy (non-hydrogen) atoms. The van der Waals surface area contributed by atoms with Crippen molar-refractivity contribution < 1.29 is 13.6 Å². The van der Waals surface area contributed by atoms with Gasteiger partial charge in [-0.15, -0.1) is 0 Å². The Bertz CT molecular complexity index is 365. The molecule has 0 aliphatic heterocycles. The first-order chi connectivity index (χ1) is 8.33. The van der Waals surface area contributed by atoms with E-state index in [4.69, 9.17) is 15.6 Å². The number of nitrogens with zero attached hydrogens (tertiary/aromatic N) is 3. The minimum absolute atomic E-state index is 0.0150. The Hall–Kier alpha value is -1.02. The summed E-state index contributed by atoms with van der Waals surface area (Å²) in [6.45, 7) is 11.2. The fraction of sp³-hybridized carbons (Fsp3) is 0.727. The van der Waals surface area contributed by atoms with E-state index >= 15 is 0 Å². The second-order valence-corrected chi connectivity index (χ2v) is 5.82. The van der Waals surface area contributed by atoms with Crippen LogP contribution in [0.3, 0.4) is 0 Å². The topological polar surface area (TPSA) is 46.4 Å². The third-order valence-corrected chi connectivity index (χ3v) is 4.03. The van der Waals surface area contributed by atoms with Gasteiger partial charge in [0.2, 0.25) is 0 Å². The first-order valence-corrected chi connectivity index (χ1v) is 7.24. The molecule has 0 aliphatic rings. The molecule has 0 saturated carbocycles. The molecule has 0 saturated heterocycles. The van der Waals surface area contributed by atoms with Crippen LogP contribution in [0.4, 0.5) is 0 Å².